The molecule has 3 rings (SSSR count). The fraction of sp³-hybridized carbons (Fsp3) is 0.500. The Morgan fingerprint density at radius 3 is 3.00 bits per heavy atom. The number of para-hydroxylation sites is 1. The van der Waals surface area contributed by atoms with Gasteiger partial charge in [-0.15, -0.1) is 0 Å². The quantitative estimate of drug-likeness (QED) is 0.825. The van der Waals surface area contributed by atoms with Crippen LogP contribution in [0, 0.1) is 5.82 Å². The first-order valence-corrected chi connectivity index (χ1v) is 9.51. The predicted molar refractivity (Wildman–Crippen MR) is 100.0 cm³/mol. The van der Waals surface area contributed by atoms with E-state index in [4.69, 9.17) is 0 Å². The number of piperidine rings is 1. The lowest BCUT2D eigenvalue weighted by Gasteiger charge is -2.35. The third-order valence-corrected chi connectivity index (χ3v) is 4.99. The minimum absolute atomic E-state index is 0.159. The first kappa shape index (κ1) is 18.6. The molecule has 5 nitrogen and oxygen atoms in total. The van der Waals surface area contributed by atoms with E-state index in [1.807, 2.05) is 0 Å². The van der Waals surface area contributed by atoms with Crippen LogP contribution in [0.25, 0.3) is 5.69 Å². The molecule has 1 atom stereocenters. The summed E-state index contributed by atoms with van der Waals surface area (Å²) in [6.07, 6.45) is 9.02. The van der Waals surface area contributed by atoms with Gasteiger partial charge < -0.3 is 5.32 Å². The molecule has 140 valence electrons. The Kier molecular flexibility index (Phi) is 6.39. The van der Waals surface area contributed by atoms with Gasteiger partial charge >= 0.3 is 0 Å². The van der Waals surface area contributed by atoms with Gasteiger partial charge in [0.1, 0.15) is 11.5 Å². The number of hydrogen-bond acceptors (Lipinski definition) is 3. The molecular weight excluding hydrogens is 331 g/mol. The predicted octanol–water partition coefficient (Wildman–Crippen LogP) is 3.40. The molecule has 0 radical (unpaired) electrons. The number of nitrogens with zero attached hydrogens (tertiary/aromatic N) is 3. The average Bonchev–Trinajstić information content (AvgIpc) is 3.15. The normalized spacial score (nSPS) is 18.0. The van der Waals surface area contributed by atoms with Gasteiger partial charge in [0.25, 0.3) is 5.91 Å². The SMILES string of the molecule is CCCCN1CCCCC1CNC(=O)c1cnn(-c2ccccc2F)c1. The molecular formula is C20H27FN4O. The van der Waals surface area contributed by atoms with Crippen LogP contribution in [0.1, 0.15) is 49.4 Å². The molecule has 0 aliphatic carbocycles. The number of carbonyl (C=O) groups excluding carboxylic acids is 1. The van der Waals surface area contributed by atoms with E-state index in [0.29, 0.717) is 23.8 Å². The van der Waals surface area contributed by atoms with Gasteiger partial charge in [-0.1, -0.05) is 31.9 Å². The molecule has 0 spiro atoms. The summed E-state index contributed by atoms with van der Waals surface area (Å²) in [6.45, 7) is 5.06. The highest BCUT2D eigenvalue weighted by atomic mass is 19.1. The number of halogens is 1. The third-order valence-electron chi connectivity index (χ3n) is 4.99. The Morgan fingerprint density at radius 1 is 1.35 bits per heavy atom. The molecule has 1 N–H and O–H groups in total. The molecule has 26 heavy (non-hydrogen) atoms. The summed E-state index contributed by atoms with van der Waals surface area (Å²) in [5.41, 5.74) is 0.786. The molecule has 6 heteroatoms. The molecule has 1 unspecified atom stereocenters. The van der Waals surface area contributed by atoms with Crippen molar-refractivity contribution in [2.75, 3.05) is 19.6 Å². The van der Waals surface area contributed by atoms with Gasteiger partial charge in [0.15, 0.2) is 0 Å². The minimum atomic E-state index is -0.365. The maximum atomic E-state index is 13.9. The third kappa shape index (κ3) is 4.49. The van der Waals surface area contributed by atoms with Crippen LogP contribution >= 0.6 is 0 Å². The molecule has 1 aromatic heterocycles. The Balaban J connectivity index is 1.59. The van der Waals surface area contributed by atoms with Crippen LogP contribution in [0.4, 0.5) is 4.39 Å². The zero-order valence-electron chi connectivity index (χ0n) is 15.3. The highest BCUT2D eigenvalue weighted by Gasteiger charge is 2.22. The molecule has 1 aliphatic heterocycles. The highest BCUT2D eigenvalue weighted by molar-refractivity contribution is 5.93. The molecule has 0 saturated carbocycles. The van der Waals surface area contributed by atoms with Crippen LogP contribution in [0.15, 0.2) is 36.7 Å². The Bertz CT molecular complexity index is 730. The van der Waals surface area contributed by atoms with E-state index < -0.39 is 0 Å². The molecule has 1 saturated heterocycles. The average molecular weight is 358 g/mol. The van der Waals surface area contributed by atoms with Crippen LogP contribution in [-0.4, -0.2) is 46.3 Å². The Morgan fingerprint density at radius 2 is 2.19 bits per heavy atom. The number of nitrogens with one attached hydrogen (secondary N) is 1. The second-order valence-corrected chi connectivity index (χ2v) is 6.87. The summed E-state index contributed by atoms with van der Waals surface area (Å²) >= 11 is 0. The van der Waals surface area contributed by atoms with Crippen LogP contribution < -0.4 is 5.32 Å². The number of likely N-dealkylation sites (tertiary alicyclic amines) is 1. The fourth-order valence-corrected chi connectivity index (χ4v) is 3.47. The number of carbonyl (C=O) groups is 1. The summed E-state index contributed by atoms with van der Waals surface area (Å²) in [6, 6.07) is 6.79. The summed E-state index contributed by atoms with van der Waals surface area (Å²) in [5, 5.41) is 7.15. The van der Waals surface area contributed by atoms with Crippen molar-refractivity contribution in [3.8, 4) is 5.69 Å². The summed E-state index contributed by atoms with van der Waals surface area (Å²) in [5.74, 6) is -0.523. The minimum Gasteiger partial charge on any atom is -0.350 e. The largest absolute Gasteiger partial charge is 0.350 e. The maximum Gasteiger partial charge on any atom is 0.254 e. The van der Waals surface area contributed by atoms with Crippen LogP contribution in [0.2, 0.25) is 0 Å². The van der Waals surface area contributed by atoms with Crippen LogP contribution in [0.3, 0.4) is 0 Å². The van der Waals surface area contributed by atoms with Gasteiger partial charge in [-0.2, -0.15) is 5.10 Å². The monoisotopic (exact) mass is 358 g/mol. The number of amides is 1. The van der Waals surface area contributed by atoms with E-state index in [1.54, 1.807) is 24.4 Å². The van der Waals surface area contributed by atoms with Crippen molar-refractivity contribution >= 4 is 5.91 Å². The van der Waals surface area contributed by atoms with E-state index in [9.17, 15) is 9.18 Å². The highest BCUT2D eigenvalue weighted by Crippen LogP contribution is 2.17. The van der Waals surface area contributed by atoms with Crippen molar-refractivity contribution in [3.05, 3.63) is 48.0 Å². The molecule has 1 aromatic carbocycles. The Hall–Kier alpha value is -2.21. The molecule has 1 aliphatic rings. The molecule has 2 heterocycles. The summed E-state index contributed by atoms with van der Waals surface area (Å²) in [7, 11) is 0. The van der Waals surface area contributed by atoms with Crippen molar-refractivity contribution < 1.29 is 9.18 Å². The van der Waals surface area contributed by atoms with E-state index in [1.165, 1.54) is 42.6 Å². The lowest BCUT2D eigenvalue weighted by atomic mass is 10.0. The van der Waals surface area contributed by atoms with Gasteiger partial charge in [-0.05, 0) is 44.5 Å². The van der Waals surface area contributed by atoms with E-state index in [0.717, 1.165) is 19.5 Å². The number of unbranched alkanes of at least 4 members (excludes halogenated alkanes) is 1. The van der Waals surface area contributed by atoms with Crippen LogP contribution in [0.5, 0.6) is 0 Å². The van der Waals surface area contributed by atoms with Gasteiger partial charge in [-0.25, -0.2) is 9.07 Å². The van der Waals surface area contributed by atoms with Crippen molar-refractivity contribution in [2.45, 2.75) is 45.1 Å². The molecule has 0 bridgehead atoms. The maximum absolute atomic E-state index is 13.9. The zero-order chi connectivity index (χ0) is 18.4. The van der Waals surface area contributed by atoms with Crippen molar-refractivity contribution in [1.82, 2.24) is 20.0 Å². The van der Waals surface area contributed by atoms with Crippen molar-refractivity contribution in [1.29, 1.82) is 0 Å². The van der Waals surface area contributed by atoms with Gasteiger partial charge in [0, 0.05) is 18.8 Å². The molecule has 1 fully saturated rings. The number of benzene rings is 1. The second-order valence-electron chi connectivity index (χ2n) is 6.87. The van der Waals surface area contributed by atoms with Crippen molar-refractivity contribution in [2.24, 2.45) is 0 Å². The topological polar surface area (TPSA) is 50.2 Å². The second kappa shape index (κ2) is 8.94. The first-order chi connectivity index (χ1) is 12.7. The molecule has 1 amide bonds. The summed E-state index contributed by atoms with van der Waals surface area (Å²) < 4.78 is 15.3. The van der Waals surface area contributed by atoms with Gasteiger partial charge in [0.05, 0.1) is 11.8 Å². The zero-order valence-corrected chi connectivity index (χ0v) is 15.3. The van der Waals surface area contributed by atoms with Gasteiger partial charge in [0.2, 0.25) is 0 Å². The van der Waals surface area contributed by atoms with E-state index in [-0.39, 0.29) is 11.7 Å². The van der Waals surface area contributed by atoms with E-state index >= 15 is 0 Å². The number of aromatic nitrogens is 2. The molecule has 2 aromatic rings. The van der Waals surface area contributed by atoms with E-state index in [2.05, 4.69) is 22.2 Å². The fourth-order valence-electron chi connectivity index (χ4n) is 3.47. The number of rotatable bonds is 7. The number of hydrogen-bond donors (Lipinski definition) is 1. The van der Waals surface area contributed by atoms with Gasteiger partial charge in [-0.3, -0.25) is 9.69 Å². The summed E-state index contributed by atoms with van der Waals surface area (Å²) in [4.78, 5) is 15.0. The lowest BCUT2D eigenvalue weighted by Crippen LogP contribution is -2.46. The standard InChI is InChI=1S/C20H27FN4O/c1-2-3-11-24-12-7-6-8-17(24)14-22-20(26)16-13-23-25(15-16)19-10-5-4-9-18(19)21/h4-5,9-10,13,15,17H,2-3,6-8,11-12,14H2,1H3,(H,22,26). The lowest BCUT2D eigenvalue weighted by molar-refractivity contribution is 0.0912. The van der Waals surface area contributed by atoms with Crippen molar-refractivity contribution in [3.63, 3.8) is 0 Å². The Labute approximate surface area is 154 Å². The smallest absolute Gasteiger partial charge is 0.254 e. The van der Waals surface area contributed by atoms with Crippen LogP contribution in [-0.2, 0) is 0 Å². The first-order valence-electron chi connectivity index (χ1n) is 9.51.